The SMILES string of the molecule is O=c1[nH][nH]c(=O)c2c1c(-c1cccc([N+](=O)[O-])c1)c1n2CCn2cccc2-1. The molecule has 1 aliphatic rings. The van der Waals surface area contributed by atoms with Crippen molar-refractivity contribution in [3.63, 3.8) is 0 Å². The van der Waals surface area contributed by atoms with E-state index in [1.165, 1.54) is 12.1 Å². The molecule has 9 nitrogen and oxygen atoms in total. The fourth-order valence-electron chi connectivity index (χ4n) is 3.89. The van der Waals surface area contributed by atoms with Crippen LogP contribution in [0.1, 0.15) is 0 Å². The number of nitro benzene ring substituents is 1. The maximum atomic E-state index is 12.6. The molecule has 5 rings (SSSR count). The van der Waals surface area contributed by atoms with Crippen molar-refractivity contribution in [3.8, 4) is 22.5 Å². The number of nitrogens with one attached hydrogen (secondary N) is 2. The van der Waals surface area contributed by atoms with E-state index >= 15 is 0 Å². The third kappa shape index (κ3) is 2.05. The van der Waals surface area contributed by atoms with Gasteiger partial charge in [-0.15, -0.1) is 0 Å². The van der Waals surface area contributed by atoms with Gasteiger partial charge >= 0.3 is 0 Å². The molecule has 4 aromatic rings. The number of hydrogen-bond acceptors (Lipinski definition) is 4. The quantitative estimate of drug-likeness (QED) is 0.418. The Hall–Kier alpha value is -3.88. The molecular formula is C18H13N5O4. The molecule has 0 amide bonds. The van der Waals surface area contributed by atoms with Crippen molar-refractivity contribution in [3.05, 3.63) is 73.4 Å². The average molecular weight is 363 g/mol. The summed E-state index contributed by atoms with van der Waals surface area (Å²) in [5, 5.41) is 16.2. The maximum Gasteiger partial charge on any atom is 0.287 e. The van der Waals surface area contributed by atoms with Gasteiger partial charge in [0.2, 0.25) is 0 Å². The van der Waals surface area contributed by atoms with Crippen molar-refractivity contribution in [1.82, 2.24) is 19.3 Å². The lowest BCUT2D eigenvalue weighted by atomic mass is 10.0. The summed E-state index contributed by atoms with van der Waals surface area (Å²) >= 11 is 0. The van der Waals surface area contributed by atoms with E-state index < -0.39 is 16.0 Å². The van der Waals surface area contributed by atoms with E-state index in [0.717, 1.165) is 5.69 Å². The van der Waals surface area contributed by atoms with Crippen molar-refractivity contribution in [1.29, 1.82) is 0 Å². The molecule has 0 unspecified atom stereocenters. The van der Waals surface area contributed by atoms with Crippen LogP contribution in [0.2, 0.25) is 0 Å². The molecule has 4 heterocycles. The Balaban J connectivity index is 1.99. The first-order valence-electron chi connectivity index (χ1n) is 8.34. The Morgan fingerprint density at radius 3 is 2.67 bits per heavy atom. The first-order valence-corrected chi connectivity index (χ1v) is 8.34. The summed E-state index contributed by atoms with van der Waals surface area (Å²) in [5.74, 6) is 0. The fourth-order valence-corrected chi connectivity index (χ4v) is 3.89. The molecule has 0 saturated carbocycles. The second-order valence-electron chi connectivity index (χ2n) is 6.40. The summed E-state index contributed by atoms with van der Waals surface area (Å²) in [7, 11) is 0. The Morgan fingerprint density at radius 1 is 1.04 bits per heavy atom. The van der Waals surface area contributed by atoms with Crippen molar-refractivity contribution in [2.45, 2.75) is 13.1 Å². The van der Waals surface area contributed by atoms with Crippen molar-refractivity contribution in [2.75, 3.05) is 0 Å². The van der Waals surface area contributed by atoms with Gasteiger partial charge in [-0.05, 0) is 17.7 Å². The molecule has 0 spiro atoms. The van der Waals surface area contributed by atoms with Crippen LogP contribution in [0, 0.1) is 10.1 Å². The zero-order valence-corrected chi connectivity index (χ0v) is 13.9. The number of H-pyrrole nitrogens is 2. The van der Waals surface area contributed by atoms with Crippen LogP contribution in [-0.4, -0.2) is 24.3 Å². The van der Waals surface area contributed by atoms with E-state index in [4.69, 9.17) is 0 Å². The minimum atomic E-state index is -0.478. The number of aromatic amines is 2. The molecule has 134 valence electrons. The lowest BCUT2D eigenvalue weighted by Crippen LogP contribution is -2.22. The van der Waals surface area contributed by atoms with Gasteiger partial charge in [-0.3, -0.25) is 29.9 Å². The van der Waals surface area contributed by atoms with Gasteiger partial charge < -0.3 is 9.13 Å². The van der Waals surface area contributed by atoms with Crippen LogP contribution in [0.25, 0.3) is 33.4 Å². The molecule has 9 heteroatoms. The first kappa shape index (κ1) is 15.4. The van der Waals surface area contributed by atoms with Gasteiger partial charge in [-0.2, -0.15) is 0 Å². The normalized spacial score (nSPS) is 12.7. The minimum Gasteiger partial charge on any atom is -0.344 e. The highest BCUT2D eigenvalue weighted by atomic mass is 16.6. The molecule has 3 aromatic heterocycles. The number of aryl methyl sites for hydroxylation is 2. The zero-order valence-electron chi connectivity index (χ0n) is 13.9. The van der Waals surface area contributed by atoms with Gasteiger partial charge in [0.15, 0.2) is 0 Å². The van der Waals surface area contributed by atoms with E-state index in [0.29, 0.717) is 29.9 Å². The topological polar surface area (TPSA) is 119 Å². The number of nitrogens with zero attached hydrogens (tertiary/aromatic N) is 3. The largest absolute Gasteiger partial charge is 0.344 e. The highest BCUT2D eigenvalue weighted by molar-refractivity contribution is 6.03. The average Bonchev–Trinajstić information content (AvgIpc) is 3.27. The molecule has 1 aromatic carbocycles. The third-order valence-corrected chi connectivity index (χ3v) is 4.98. The maximum absolute atomic E-state index is 12.6. The molecule has 0 saturated heterocycles. The molecule has 27 heavy (non-hydrogen) atoms. The molecule has 0 atom stereocenters. The Bertz CT molecular complexity index is 1350. The Morgan fingerprint density at radius 2 is 1.85 bits per heavy atom. The van der Waals surface area contributed by atoms with E-state index in [2.05, 4.69) is 10.2 Å². The smallest absolute Gasteiger partial charge is 0.287 e. The molecule has 0 fully saturated rings. The monoisotopic (exact) mass is 363 g/mol. The summed E-state index contributed by atoms with van der Waals surface area (Å²) in [4.78, 5) is 35.9. The van der Waals surface area contributed by atoms with Crippen LogP contribution in [0.5, 0.6) is 0 Å². The second kappa shape index (κ2) is 5.31. The van der Waals surface area contributed by atoms with Crippen LogP contribution in [-0.2, 0) is 13.1 Å². The van der Waals surface area contributed by atoms with E-state index in [1.807, 2.05) is 27.5 Å². The molecule has 0 bridgehead atoms. The van der Waals surface area contributed by atoms with Crippen LogP contribution in [0.4, 0.5) is 5.69 Å². The second-order valence-corrected chi connectivity index (χ2v) is 6.40. The number of nitro groups is 1. The number of rotatable bonds is 2. The fraction of sp³-hybridized carbons (Fsp3) is 0.111. The van der Waals surface area contributed by atoms with Gasteiger partial charge in [0, 0.05) is 37.0 Å². The van der Waals surface area contributed by atoms with Crippen molar-refractivity contribution < 1.29 is 4.92 Å². The van der Waals surface area contributed by atoms with Crippen LogP contribution >= 0.6 is 0 Å². The van der Waals surface area contributed by atoms with Gasteiger partial charge in [-0.25, -0.2) is 0 Å². The minimum absolute atomic E-state index is 0.0759. The lowest BCUT2D eigenvalue weighted by molar-refractivity contribution is -0.384. The number of benzene rings is 1. The summed E-state index contributed by atoms with van der Waals surface area (Å²) in [6, 6.07) is 9.92. The molecule has 0 radical (unpaired) electrons. The summed E-state index contributed by atoms with van der Waals surface area (Å²) in [6.07, 6.45) is 1.93. The van der Waals surface area contributed by atoms with Crippen molar-refractivity contribution >= 4 is 16.6 Å². The molecule has 0 aliphatic carbocycles. The molecule has 1 aliphatic heterocycles. The van der Waals surface area contributed by atoms with Gasteiger partial charge in [0.25, 0.3) is 16.8 Å². The first-order chi connectivity index (χ1) is 13.1. The predicted molar refractivity (Wildman–Crippen MR) is 98.7 cm³/mol. The standard InChI is InChI=1S/C18H13N5O4/c24-17-14-13(10-3-1-4-11(9-10)23(26)27)15-12-5-2-6-21(12)7-8-22(15)16(14)18(25)20-19-17/h1-6,9H,7-8H2,(H,19,24)(H,20,25). The summed E-state index contributed by atoms with van der Waals surface area (Å²) in [5.41, 5.74) is 1.99. The van der Waals surface area contributed by atoms with E-state index in [1.54, 1.807) is 12.1 Å². The summed E-state index contributed by atoms with van der Waals surface area (Å²) in [6.45, 7) is 1.19. The molecular weight excluding hydrogens is 350 g/mol. The highest BCUT2D eigenvalue weighted by Gasteiger charge is 2.28. The Kier molecular flexibility index (Phi) is 3.02. The highest BCUT2D eigenvalue weighted by Crippen LogP contribution is 2.41. The summed E-state index contributed by atoms with van der Waals surface area (Å²) < 4.78 is 3.87. The number of fused-ring (bicyclic) bond motifs is 5. The number of hydrogen-bond donors (Lipinski definition) is 2. The molecule has 2 N–H and O–H groups in total. The zero-order chi connectivity index (χ0) is 18.7. The van der Waals surface area contributed by atoms with E-state index in [9.17, 15) is 19.7 Å². The van der Waals surface area contributed by atoms with E-state index in [-0.39, 0.29) is 16.6 Å². The predicted octanol–water partition coefficient (Wildman–Crippen LogP) is 2.08. The van der Waals surface area contributed by atoms with Crippen LogP contribution < -0.4 is 11.1 Å². The van der Waals surface area contributed by atoms with Crippen molar-refractivity contribution in [2.24, 2.45) is 0 Å². The van der Waals surface area contributed by atoms with Crippen LogP contribution in [0.15, 0.2) is 52.2 Å². The van der Waals surface area contributed by atoms with Gasteiger partial charge in [0.1, 0.15) is 5.52 Å². The van der Waals surface area contributed by atoms with Gasteiger partial charge in [-0.1, -0.05) is 12.1 Å². The lowest BCUT2D eigenvalue weighted by Gasteiger charge is -2.20. The Labute approximate surface area is 150 Å². The third-order valence-electron chi connectivity index (χ3n) is 4.98. The number of aromatic nitrogens is 4. The number of non-ortho nitro benzene ring substituents is 1. The van der Waals surface area contributed by atoms with Crippen LogP contribution in [0.3, 0.4) is 0 Å². The van der Waals surface area contributed by atoms with Gasteiger partial charge in [0.05, 0.1) is 21.7 Å².